The van der Waals surface area contributed by atoms with Gasteiger partial charge in [-0.2, -0.15) is 0 Å². The topological polar surface area (TPSA) is 75.3 Å². The number of thiocarbonyl (C=S) groups is 1. The van der Waals surface area contributed by atoms with Gasteiger partial charge >= 0.3 is 0 Å². The van der Waals surface area contributed by atoms with Crippen LogP contribution in [-0.4, -0.2) is 39.8 Å². The summed E-state index contributed by atoms with van der Waals surface area (Å²) in [6.07, 6.45) is 4.17. The third-order valence-electron chi connectivity index (χ3n) is 2.76. The van der Waals surface area contributed by atoms with Crippen LogP contribution in [0.2, 0.25) is 0 Å². The van der Waals surface area contributed by atoms with Gasteiger partial charge in [-0.15, -0.1) is 0 Å². The second-order valence-electron chi connectivity index (χ2n) is 3.88. The van der Waals surface area contributed by atoms with Gasteiger partial charge in [-0.05, 0) is 6.42 Å². The van der Waals surface area contributed by atoms with E-state index in [0.717, 1.165) is 25.3 Å². The Labute approximate surface area is 99.3 Å². The Bertz CT molecular complexity index is 398. The largest absolute Gasteiger partial charge is 0.396 e. The van der Waals surface area contributed by atoms with Crippen LogP contribution in [0.4, 0.5) is 5.82 Å². The lowest BCUT2D eigenvalue weighted by Crippen LogP contribution is -2.26. The Hall–Kier alpha value is -1.27. The molecule has 1 saturated heterocycles. The molecule has 1 unspecified atom stereocenters. The molecular weight excluding hydrogens is 224 g/mol. The van der Waals surface area contributed by atoms with E-state index in [0.29, 0.717) is 11.6 Å². The van der Waals surface area contributed by atoms with E-state index in [1.54, 1.807) is 12.4 Å². The summed E-state index contributed by atoms with van der Waals surface area (Å²) in [5.74, 6) is 1.03. The van der Waals surface area contributed by atoms with Crippen molar-refractivity contribution in [3.05, 3.63) is 18.1 Å². The highest BCUT2D eigenvalue weighted by atomic mass is 32.1. The highest BCUT2D eigenvalue weighted by Crippen LogP contribution is 2.23. The molecule has 2 heterocycles. The summed E-state index contributed by atoms with van der Waals surface area (Å²) in [4.78, 5) is 10.7. The van der Waals surface area contributed by atoms with Gasteiger partial charge in [0.15, 0.2) is 5.82 Å². The summed E-state index contributed by atoms with van der Waals surface area (Å²) in [5, 5.41) is 9.10. The molecule has 3 N–H and O–H groups in total. The first-order valence-electron chi connectivity index (χ1n) is 5.19. The molecule has 1 aromatic rings. The maximum Gasteiger partial charge on any atom is 0.157 e. The van der Waals surface area contributed by atoms with Crippen LogP contribution >= 0.6 is 12.2 Å². The molecule has 0 radical (unpaired) electrons. The lowest BCUT2D eigenvalue weighted by atomic mass is 10.1. The first kappa shape index (κ1) is 11.2. The number of anilines is 1. The van der Waals surface area contributed by atoms with Crippen LogP contribution in [0.5, 0.6) is 0 Å². The van der Waals surface area contributed by atoms with Crippen LogP contribution in [0.3, 0.4) is 0 Å². The summed E-state index contributed by atoms with van der Waals surface area (Å²) < 4.78 is 0. The predicted octanol–water partition coefficient (Wildman–Crippen LogP) is -0.0706. The van der Waals surface area contributed by atoms with E-state index in [-0.39, 0.29) is 11.6 Å². The SMILES string of the molecule is NC(=S)c1nccnc1N1CCC(CO)C1. The standard InChI is InChI=1S/C10H14N4OS/c11-9(16)8-10(13-3-2-12-8)14-4-1-7(5-14)6-15/h2-3,7,15H,1,4-6H2,(H2,11,16). The lowest BCUT2D eigenvalue weighted by molar-refractivity contribution is 0.238. The normalized spacial score (nSPS) is 20.1. The number of aliphatic hydroxyl groups is 1. The lowest BCUT2D eigenvalue weighted by Gasteiger charge is -2.18. The van der Waals surface area contributed by atoms with Crippen LogP contribution in [0.15, 0.2) is 12.4 Å². The van der Waals surface area contributed by atoms with E-state index < -0.39 is 0 Å². The van der Waals surface area contributed by atoms with Gasteiger partial charge in [0.2, 0.25) is 0 Å². The quantitative estimate of drug-likeness (QED) is 0.718. The zero-order chi connectivity index (χ0) is 11.5. The number of nitrogens with two attached hydrogens (primary N) is 1. The van der Waals surface area contributed by atoms with Gasteiger partial charge in [-0.1, -0.05) is 12.2 Å². The van der Waals surface area contributed by atoms with Crippen molar-refractivity contribution in [2.75, 3.05) is 24.6 Å². The summed E-state index contributed by atoms with van der Waals surface area (Å²) in [7, 11) is 0. The maximum atomic E-state index is 9.10. The number of aliphatic hydroxyl groups excluding tert-OH is 1. The number of hydrogen-bond acceptors (Lipinski definition) is 5. The fourth-order valence-corrected chi connectivity index (χ4v) is 2.05. The monoisotopic (exact) mass is 238 g/mol. The number of aromatic nitrogens is 2. The van der Waals surface area contributed by atoms with Gasteiger partial charge in [0.1, 0.15) is 10.7 Å². The van der Waals surface area contributed by atoms with E-state index in [4.69, 9.17) is 23.1 Å². The molecular formula is C10H14N4OS. The third kappa shape index (κ3) is 2.12. The summed E-state index contributed by atoms with van der Waals surface area (Å²) >= 11 is 4.94. The van der Waals surface area contributed by atoms with E-state index in [2.05, 4.69) is 14.9 Å². The molecule has 1 aliphatic rings. The minimum atomic E-state index is 0.208. The van der Waals surface area contributed by atoms with Gasteiger partial charge in [-0.3, -0.25) is 0 Å². The van der Waals surface area contributed by atoms with Crippen LogP contribution in [0.1, 0.15) is 12.1 Å². The summed E-state index contributed by atoms with van der Waals surface area (Å²) in [5.41, 5.74) is 6.17. The fourth-order valence-electron chi connectivity index (χ4n) is 1.91. The Morgan fingerprint density at radius 3 is 2.94 bits per heavy atom. The first-order valence-corrected chi connectivity index (χ1v) is 5.60. The van der Waals surface area contributed by atoms with E-state index >= 15 is 0 Å². The van der Waals surface area contributed by atoms with Crippen molar-refractivity contribution in [1.29, 1.82) is 0 Å². The van der Waals surface area contributed by atoms with E-state index in [1.807, 2.05) is 0 Å². The van der Waals surface area contributed by atoms with Gasteiger partial charge < -0.3 is 15.7 Å². The van der Waals surface area contributed by atoms with Crippen molar-refractivity contribution < 1.29 is 5.11 Å². The molecule has 0 saturated carbocycles. The molecule has 2 rings (SSSR count). The van der Waals surface area contributed by atoms with Crippen molar-refractivity contribution in [2.24, 2.45) is 11.7 Å². The highest BCUT2D eigenvalue weighted by Gasteiger charge is 2.25. The smallest absolute Gasteiger partial charge is 0.157 e. The van der Waals surface area contributed by atoms with Crippen molar-refractivity contribution in [3.8, 4) is 0 Å². The summed E-state index contributed by atoms with van der Waals surface area (Å²) in [6, 6.07) is 0. The molecule has 1 aliphatic heterocycles. The number of nitrogens with zero attached hydrogens (tertiary/aromatic N) is 3. The van der Waals surface area contributed by atoms with Gasteiger partial charge in [0.25, 0.3) is 0 Å². The van der Waals surface area contributed by atoms with Crippen molar-refractivity contribution in [2.45, 2.75) is 6.42 Å². The summed E-state index contributed by atoms with van der Waals surface area (Å²) in [6.45, 7) is 1.85. The molecule has 1 aromatic heterocycles. The molecule has 16 heavy (non-hydrogen) atoms. The third-order valence-corrected chi connectivity index (χ3v) is 2.95. The minimum absolute atomic E-state index is 0.208. The van der Waals surface area contributed by atoms with Crippen LogP contribution in [0.25, 0.3) is 0 Å². The first-order chi connectivity index (χ1) is 7.72. The zero-order valence-electron chi connectivity index (χ0n) is 8.83. The molecule has 86 valence electrons. The second-order valence-corrected chi connectivity index (χ2v) is 4.32. The molecule has 1 fully saturated rings. The van der Waals surface area contributed by atoms with Gasteiger partial charge in [-0.25, -0.2) is 9.97 Å². The van der Waals surface area contributed by atoms with Gasteiger partial charge in [0, 0.05) is 38.0 Å². The minimum Gasteiger partial charge on any atom is -0.396 e. The molecule has 5 nitrogen and oxygen atoms in total. The number of rotatable bonds is 3. The van der Waals surface area contributed by atoms with Crippen LogP contribution in [0, 0.1) is 5.92 Å². The molecule has 1 atom stereocenters. The second kappa shape index (κ2) is 4.71. The van der Waals surface area contributed by atoms with E-state index in [1.165, 1.54) is 0 Å². The Morgan fingerprint density at radius 1 is 1.56 bits per heavy atom. The Morgan fingerprint density at radius 2 is 2.31 bits per heavy atom. The molecule has 0 bridgehead atoms. The maximum absolute atomic E-state index is 9.10. The Balaban J connectivity index is 2.24. The molecule has 0 spiro atoms. The van der Waals surface area contributed by atoms with Crippen molar-refractivity contribution >= 4 is 23.0 Å². The van der Waals surface area contributed by atoms with Crippen LogP contribution in [-0.2, 0) is 0 Å². The van der Waals surface area contributed by atoms with Crippen LogP contribution < -0.4 is 10.6 Å². The van der Waals surface area contributed by atoms with Crippen molar-refractivity contribution in [3.63, 3.8) is 0 Å². The average Bonchev–Trinajstić information content (AvgIpc) is 2.77. The molecule has 0 aliphatic carbocycles. The average molecular weight is 238 g/mol. The molecule has 0 amide bonds. The van der Waals surface area contributed by atoms with Gasteiger partial charge in [0.05, 0.1) is 0 Å². The number of hydrogen-bond donors (Lipinski definition) is 2. The highest BCUT2D eigenvalue weighted by molar-refractivity contribution is 7.80. The predicted molar refractivity (Wildman–Crippen MR) is 65.3 cm³/mol. The van der Waals surface area contributed by atoms with E-state index in [9.17, 15) is 0 Å². The zero-order valence-corrected chi connectivity index (χ0v) is 9.65. The van der Waals surface area contributed by atoms with Crippen molar-refractivity contribution in [1.82, 2.24) is 9.97 Å². The molecule has 6 heteroatoms. The molecule has 0 aromatic carbocycles. The fraction of sp³-hybridized carbons (Fsp3) is 0.500. The Kier molecular flexibility index (Phi) is 3.31.